The topological polar surface area (TPSA) is 171 Å². The van der Waals surface area contributed by atoms with Crippen molar-refractivity contribution in [1.29, 1.82) is 0 Å². The van der Waals surface area contributed by atoms with Crippen molar-refractivity contribution in [3.63, 3.8) is 0 Å². The van der Waals surface area contributed by atoms with Crippen LogP contribution in [0.4, 0.5) is 8.63 Å². The highest BCUT2D eigenvalue weighted by atomic mass is 19.2. The van der Waals surface area contributed by atoms with Gasteiger partial charge >= 0.3 is 7.40 Å². The third kappa shape index (κ3) is 15.8. The minimum atomic E-state index is -2.94. The van der Waals surface area contributed by atoms with Crippen LogP contribution in [0, 0.1) is 13.8 Å². The van der Waals surface area contributed by atoms with Gasteiger partial charge in [-0.25, -0.2) is 0 Å². The van der Waals surface area contributed by atoms with Crippen LogP contribution >= 0.6 is 0 Å². The molecule has 0 spiro atoms. The maximum atomic E-state index is 16.1. The molecule has 5 aromatic heterocycles. The van der Waals surface area contributed by atoms with Crippen LogP contribution in [-0.4, -0.2) is 151 Å². The minimum Gasteiger partial charge on any atom is -0.491 e. The number of allylic oxidation sites excluding steroid dienone is 2. The van der Waals surface area contributed by atoms with Gasteiger partial charge in [0, 0.05) is 102 Å². The van der Waals surface area contributed by atoms with E-state index in [2.05, 4.69) is 19.8 Å². The number of aromatic nitrogens is 5. The van der Waals surface area contributed by atoms with E-state index in [1.54, 1.807) is 31.6 Å². The van der Waals surface area contributed by atoms with Crippen molar-refractivity contribution in [3.05, 3.63) is 166 Å². The van der Waals surface area contributed by atoms with Crippen LogP contribution in [-0.2, 0) is 45.1 Å². The van der Waals surface area contributed by atoms with E-state index < -0.39 is 7.40 Å². The lowest BCUT2D eigenvalue weighted by Gasteiger charge is -2.19. The summed E-state index contributed by atoms with van der Waals surface area (Å²) in [6.07, 6.45) is 7.15. The van der Waals surface area contributed by atoms with Gasteiger partial charge in [-0.2, -0.15) is 0 Å². The lowest BCUT2D eigenvalue weighted by atomic mass is 9.91. The van der Waals surface area contributed by atoms with E-state index in [-0.39, 0.29) is 58.5 Å². The zero-order valence-electron chi connectivity index (χ0n) is 44.4. The van der Waals surface area contributed by atoms with Gasteiger partial charge in [0.15, 0.2) is 0 Å². The zero-order valence-corrected chi connectivity index (χ0v) is 44.4. The quantitative estimate of drug-likeness (QED) is 0.0318. The molecule has 6 aromatic rings. The summed E-state index contributed by atoms with van der Waals surface area (Å²) >= 11 is 0. The van der Waals surface area contributed by atoms with Crippen LogP contribution in [0.25, 0.3) is 22.3 Å². The number of halogens is 2. The van der Waals surface area contributed by atoms with Crippen molar-refractivity contribution in [2.75, 3.05) is 93.4 Å². The Balaban J connectivity index is 1.30. The molecule has 7 rings (SSSR count). The third-order valence-corrected chi connectivity index (χ3v) is 12.5. The van der Waals surface area contributed by atoms with Crippen LogP contribution in [0.1, 0.15) is 64.7 Å². The molecule has 1 aliphatic heterocycles. The lowest BCUT2D eigenvalue weighted by Crippen LogP contribution is -2.19. The van der Waals surface area contributed by atoms with Crippen molar-refractivity contribution in [2.45, 2.75) is 53.9 Å². The first-order chi connectivity index (χ1) is 36.9. The predicted molar refractivity (Wildman–Crippen MR) is 290 cm³/mol. The van der Waals surface area contributed by atoms with Gasteiger partial charge in [-0.05, 0) is 107 Å². The summed E-state index contributed by atoms with van der Waals surface area (Å²) in [6, 6.07) is 25.0. The highest BCUT2D eigenvalue weighted by Crippen LogP contribution is 2.45. The van der Waals surface area contributed by atoms with E-state index in [0.29, 0.717) is 109 Å². The fourth-order valence-corrected chi connectivity index (χ4v) is 9.21. The number of ether oxygens (including phenoxy) is 6. The molecule has 0 saturated carbocycles. The van der Waals surface area contributed by atoms with E-state index in [9.17, 15) is 0 Å². The molecule has 0 saturated heterocycles. The summed E-state index contributed by atoms with van der Waals surface area (Å²) in [5, 5.41) is 18.1. The zero-order chi connectivity index (χ0) is 53.8. The van der Waals surface area contributed by atoms with Gasteiger partial charge in [-0.15, -0.1) is 0 Å². The number of aliphatic imine (C=N–C) groups is 1. The number of aliphatic hydroxyl groups is 2. The second kappa shape index (κ2) is 29.1. The first-order valence-corrected chi connectivity index (χ1v) is 25.5. The summed E-state index contributed by atoms with van der Waals surface area (Å²) < 4.78 is 68.0. The fourth-order valence-electron chi connectivity index (χ4n) is 9.21. The molecule has 2 N–H and O–H groups in total. The van der Waals surface area contributed by atoms with Gasteiger partial charge in [-0.3, -0.25) is 43.4 Å². The Morgan fingerprint density at radius 1 is 0.579 bits per heavy atom. The van der Waals surface area contributed by atoms with Gasteiger partial charge in [0.05, 0.1) is 94.5 Å². The lowest BCUT2D eigenvalue weighted by molar-refractivity contribution is 0.0241. The number of hydrogen-bond acceptors (Lipinski definition) is 15. The van der Waals surface area contributed by atoms with Gasteiger partial charge in [0.1, 0.15) is 24.7 Å². The molecular weight excluding hydrogens is 973 g/mol. The molecule has 76 heavy (non-hydrogen) atoms. The van der Waals surface area contributed by atoms with Crippen molar-refractivity contribution >= 4 is 24.3 Å². The molecule has 0 amide bonds. The van der Waals surface area contributed by atoms with E-state index in [1.807, 2.05) is 114 Å². The van der Waals surface area contributed by atoms with Crippen LogP contribution in [0.15, 0.2) is 120 Å². The second-order valence-electron chi connectivity index (χ2n) is 18.4. The van der Waals surface area contributed by atoms with E-state index in [4.69, 9.17) is 53.6 Å². The maximum absolute atomic E-state index is 16.1. The number of hydrogen-bond donors (Lipinski definition) is 2. The number of aliphatic hydroxyl groups excluding tert-OH is 2. The SMILES string of the molecule is CC1=N/C(=C(/c2cc(OCCOCCOCCO)cc(OCCOCCOCCO)c2)c2c(C)c(-c3ccc(CN(C)Cc4ccccn4)nc3)c(C)n2B(F)F)C(C)=C1c1ccc(CN(C)Cc2ccccn2)nc1. The Kier molecular flexibility index (Phi) is 21.9. The average molecular weight is 1040 g/mol. The van der Waals surface area contributed by atoms with E-state index in [1.165, 1.54) is 0 Å². The van der Waals surface area contributed by atoms with Crippen molar-refractivity contribution in [1.82, 2.24) is 34.2 Å². The Morgan fingerprint density at radius 3 is 1.50 bits per heavy atom. The monoisotopic (exact) mass is 1040 g/mol. The molecule has 0 aliphatic carbocycles. The fraction of sp³-hybridized carbons (Fsp3) is 0.386. The molecule has 1 aliphatic rings. The normalized spacial score (nSPS) is 13.3. The summed E-state index contributed by atoms with van der Waals surface area (Å²) in [7, 11) is 1.08. The molecule has 0 bridgehead atoms. The largest absolute Gasteiger partial charge is 0.677 e. The van der Waals surface area contributed by atoms with Crippen molar-refractivity contribution in [3.8, 4) is 22.6 Å². The standard InChI is InChI=1S/C57H69BF2N8O8/c1-40-53(44-13-15-49(63-34-44)38-66(5)36-47-11-7-9-17-61-47)42(3)65-56(40)55(46-31-51(75-29-27-73-25-23-71-21-19-69)33-52(32-46)76-30-28-74-26-24-72-22-20-70)57-41(2)54(43(4)68(57)58(59)60)45-14-16-50(64-35-45)39-67(6)37-48-12-8-10-18-62-48/h7-18,31-35,69-70H,19-30,36-39H2,1-6H3/b56-55-. The summed E-state index contributed by atoms with van der Waals surface area (Å²) in [4.78, 5) is 28.1. The number of benzene rings is 1. The smallest absolute Gasteiger partial charge is 0.491 e. The van der Waals surface area contributed by atoms with Gasteiger partial charge in [0.2, 0.25) is 0 Å². The van der Waals surface area contributed by atoms with Crippen LogP contribution in [0.2, 0.25) is 0 Å². The first-order valence-electron chi connectivity index (χ1n) is 25.5. The van der Waals surface area contributed by atoms with Crippen molar-refractivity contribution in [2.24, 2.45) is 4.99 Å². The summed E-state index contributed by atoms with van der Waals surface area (Å²) in [5.74, 6) is 0.824. The predicted octanol–water partition coefficient (Wildman–Crippen LogP) is 7.90. The molecule has 19 heteroatoms. The molecule has 0 unspecified atom stereocenters. The Hall–Kier alpha value is -6.55. The first kappa shape index (κ1) is 57.2. The summed E-state index contributed by atoms with van der Waals surface area (Å²) in [6.45, 7) is 12.2. The Morgan fingerprint density at radius 2 is 1.05 bits per heavy atom. The van der Waals surface area contributed by atoms with Gasteiger partial charge in [0.25, 0.3) is 0 Å². The molecule has 16 nitrogen and oxygen atoms in total. The van der Waals surface area contributed by atoms with Crippen LogP contribution in [0.5, 0.6) is 11.5 Å². The molecule has 6 heterocycles. The number of nitrogens with zero attached hydrogens (tertiary/aromatic N) is 8. The van der Waals surface area contributed by atoms with Gasteiger partial charge in [-0.1, -0.05) is 24.3 Å². The van der Waals surface area contributed by atoms with E-state index in [0.717, 1.165) is 44.0 Å². The highest BCUT2D eigenvalue weighted by Gasteiger charge is 2.34. The molecular formula is C57H69BF2N8O8. The molecule has 402 valence electrons. The number of rotatable bonds is 31. The Bertz CT molecular complexity index is 2830. The van der Waals surface area contributed by atoms with Crippen LogP contribution in [0.3, 0.4) is 0 Å². The van der Waals surface area contributed by atoms with Crippen molar-refractivity contribution < 1.29 is 47.3 Å². The minimum absolute atomic E-state index is 0.0790. The van der Waals surface area contributed by atoms with Gasteiger partial charge < -0.3 is 43.1 Å². The second-order valence-corrected chi connectivity index (χ2v) is 18.4. The summed E-state index contributed by atoms with van der Waals surface area (Å²) in [5.41, 5.74) is 10.8. The van der Waals surface area contributed by atoms with Crippen LogP contribution < -0.4 is 9.47 Å². The average Bonchev–Trinajstić information content (AvgIpc) is 3.91. The molecule has 0 atom stereocenters. The Labute approximate surface area is 444 Å². The third-order valence-electron chi connectivity index (χ3n) is 12.5. The van der Waals surface area contributed by atoms with E-state index >= 15 is 8.63 Å². The molecule has 0 radical (unpaired) electrons. The maximum Gasteiger partial charge on any atom is 0.677 e. The molecule has 0 fully saturated rings. The highest BCUT2D eigenvalue weighted by molar-refractivity contribution is 6.42. The number of pyridine rings is 4. The molecule has 1 aromatic carbocycles.